The van der Waals surface area contributed by atoms with Crippen molar-refractivity contribution < 1.29 is 9.53 Å². The minimum absolute atomic E-state index is 0.0288. The molecule has 4 rings (SSSR count). The maximum absolute atomic E-state index is 12.0. The van der Waals surface area contributed by atoms with Crippen molar-refractivity contribution in [2.45, 2.75) is 19.0 Å². The molecule has 2 aliphatic heterocycles. The molecule has 0 radical (unpaired) electrons. The highest BCUT2D eigenvalue weighted by Gasteiger charge is 2.52. The van der Waals surface area contributed by atoms with E-state index in [9.17, 15) is 4.79 Å². The van der Waals surface area contributed by atoms with Crippen LogP contribution >= 0.6 is 0 Å². The fourth-order valence-electron chi connectivity index (χ4n) is 3.99. The smallest absolute Gasteiger partial charge is 0.144 e. The standard InChI is InChI=1S/C21H25N3O2/c1-15-6-8-16(9-7-15)20(24-11-21(12-24)13-26-14-21)19(10-25)23-18-5-3-2-4-17(18)22/h2-10,19-20,23H,11-14,22H2,1H3. The number of hydrogen-bond donors (Lipinski definition) is 2. The third-order valence-electron chi connectivity index (χ3n) is 5.48. The van der Waals surface area contributed by atoms with Crippen LogP contribution in [-0.4, -0.2) is 43.5 Å². The van der Waals surface area contributed by atoms with Crippen LogP contribution in [0, 0.1) is 12.3 Å². The number of likely N-dealkylation sites (tertiary alicyclic amines) is 1. The Morgan fingerprint density at radius 3 is 2.42 bits per heavy atom. The van der Waals surface area contributed by atoms with Gasteiger partial charge in [-0.3, -0.25) is 4.90 Å². The van der Waals surface area contributed by atoms with Crippen LogP contribution in [-0.2, 0) is 9.53 Å². The largest absolute Gasteiger partial charge is 0.397 e. The molecule has 2 aliphatic rings. The minimum Gasteiger partial charge on any atom is -0.397 e. The van der Waals surface area contributed by atoms with Crippen molar-refractivity contribution in [2.75, 3.05) is 37.4 Å². The van der Waals surface area contributed by atoms with E-state index < -0.39 is 0 Å². The van der Waals surface area contributed by atoms with Gasteiger partial charge in [0.2, 0.25) is 0 Å². The number of benzene rings is 2. The summed E-state index contributed by atoms with van der Waals surface area (Å²) in [7, 11) is 0. The highest BCUT2D eigenvalue weighted by atomic mass is 16.5. The number of nitrogen functional groups attached to an aromatic ring is 1. The van der Waals surface area contributed by atoms with Gasteiger partial charge >= 0.3 is 0 Å². The van der Waals surface area contributed by atoms with Gasteiger partial charge in [0, 0.05) is 18.5 Å². The third-order valence-corrected chi connectivity index (χ3v) is 5.48. The first-order valence-corrected chi connectivity index (χ1v) is 9.05. The van der Waals surface area contributed by atoms with Gasteiger partial charge in [0.15, 0.2) is 0 Å². The molecule has 26 heavy (non-hydrogen) atoms. The summed E-state index contributed by atoms with van der Waals surface area (Å²) in [5, 5.41) is 3.36. The molecule has 5 heteroatoms. The van der Waals surface area contributed by atoms with Crippen molar-refractivity contribution in [3.8, 4) is 0 Å². The van der Waals surface area contributed by atoms with Crippen molar-refractivity contribution in [1.29, 1.82) is 0 Å². The van der Waals surface area contributed by atoms with E-state index in [0.717, 1.165) is 43.8 Å². The van der Waals surface area contributed by atoms with Gasteiger partial charge in [0.1, 0.15) is 12.3 Å². The van der Waals surface area contributed by atoms with E-state index >= 15 is 0 Å². The van der Waals surface area contributed by atoms with Crippen LogP contribution in [0.2, 0.25) is 0 Å². The van der Waals surface area contributed by atoms with Crippen molar-refractivity contribution >= 4 is 17.7 Å². The highest BCUT2D eigenvalue weighted by Crippen LogP contribution is 2.43. The Bertz CT molecular complexity index is 778. The molecule has 136 valence electrons. The Balaban J connectivity index is 1.61. The van der Waals surface area contributed by atoms with Crippen LogP contribution in [0.3, 0.4) is 0 Å². The molecular formula is C21H25N3O2. The van der Waals surface area contributed by atoms with Gasteiger partial charge < -0.3 is 20.6 Å². The van der Waals surface area contributed by atoms with Gasteiger partial charge in [0.25, 0.3) is 0 Å². The summed E-state index contributed by atoms with van der Waals surface area (Å²) in [6.45, 7) is 5.65. The van der Waals surface area contributed by atoms with Crippen LogP contribution in [0.4, 0.5) is 11.4 Å². The zero-order chi connectivity index (χ0) is 18.1. The Labute approximate surface area is 154 Å². The predicted molar refractivity (Wildman–Crippen MR) is 103 cm³/mol. The lowest BCUT2D eigenvalue weighted by Crippen LogP contribution is -2.67. The summed E-state index contributed by atoms with van der Waals surface area (Å²) >= 11 is 0. The molecule has 5 nitrogen and oxygen atoms in total. The predicted octanol–water partition coefficient (Wildman–Crippen LogP) is 2.63. The lowest BCUT2D eigenvalue weighted by Gasteiger charge is -2.58. The molecular weight excluding hydrogens is 326 g/mol. The number of rotatable bonds is 6. The number of nitrogens with two attached hydrogens (primary N) is 1. The first-order valence-electron chi connectivity index (χ1n) is 9.05. The molecule has 0 bridgehead atoms. The van der Waals surface area contributed by atoms with Gasteiger partial charge in [-0.25, -0.2) is 0 Å². The molecule has 1 spiro atoms. The Hall–Kier alpha value is -2.37. The second kappa shape index (κ2) is 6.74. The molecule has 2 fully saturated rings. The molecule has 0 amide bonds. The van der Waals surface area contributed by atoms with Crippen LogP contribution in [0.25, 0.3) is 0 Å². The number of aldehydes is 1. The van der Waals surface area contributed by atoms with Crippen LogP contribution in [0.1, 0.15) is 17.2 Å². The van der Waals surface area contributed by atoms with E-state index in [1.54, 1.807) is 0 Å². The number of carbonyl (C=O) groups is 1. The monoisotopic (exact) mass is 351 g/mol. The molecule has 2 aromatic rings. The molecule has 2 unspecified atom stereocenters. The Morgan fingerprint density at radius 2 is 1.85 bits per heavy atom. The minimum atomic E-state index is -0.374. The van der Waals surface area contributed by atoms with Gasteiger partial charge in [-0.1, -0.05) is 42.0 Å². The lowest BCUT2D eigenvalue weighted by molar-refractivity contribution is -0.200. The first kappa shape index (κ1) is 17.1. The van der Waals surface area contributed by atoms with E-state index in [-0.39, 0.29) is 12.1 Å². The second-order valence-electron chi connectivity index (χ2n) is 7.65. The third kappa shape index (κ3) is 3.08. The van der Waals surface area contributed by atoms with Crippen molar-refractivity contribution in [2.24, 2.45) is 5.41 Å². The number of aryl methyl sites for hydroxylation is 1. The summed E-state index contributed by atoms with van der Waals surface area (Å²) in [4.78, 5) is 14.4. The second-order valence-corrected chi connectivity index (χ2v) is 7.65. The lowest BCUT2D eigenvalue weighted by atomic mass is 9.75. The van der Waals surface area contributed by atoms with Crippen molar-refractivity contribution in [3.63, 3.8) is 0 Å². The van der Waals surface area contributed by atoms with Gasteiger partial charge in [-0.15, -0.1) is 0 Å². The number of hydrogen-bond acceptors (Lipinski definition) is 5. The zero-order valence-corrected chi connectivity index (χ0v) is 15.0. The number of nitrogens with one attached hydrogen (secondary N) is 1. The molecule has 2 atom stereocenters. The van der Waals surface area contributed by atoms with E-state index in [1.807, 2.05) is 24.3 Å². The molecule has 0 aromatic heterocycles. The first-order chi connectivity index (χ1) is 12.6. The number of carbonyl (C=O) groups excluding carboxylic acids is 1. The summed E-state index contributed by atoms with van der Waals surface area (Å²) in [6, 6.07) is 15.6. The Morgan fingerprint density at radius 1 is 1.15 bits per heavy atom. The van der Waals surface area contributed by atoms with Crippen molar-refractivity contribution in [1.82, 2.24) is 4.90 Å². The quantitative estimate of drug-likeness (QED) is 0.619. The fraction of sp³-hybridized carbons (Fsp3) is 0.381. The van der Waals surface area contributed by atoms with Gasteiger partial charge in [-0.05, 0) is 24.6 Å². The Kier molecular flexibility index (Phi) is 4.42. The number of nitrogens with zero attached hydrogens (tertiary/aromatic N) is 1. The fourth-order valence-corrected chi connectivity index (χ4v) is 3.99. The van der Waals surface area contributed by atoms with Gasteiger partial charge in [-0.2, -0.15) is 0 Å². The van der Waals surface area contributed by atoms with E-state index in [2.05, 4.69) is 41.4 Å². The molecule has 2 saturated heterocycles. The van der Waals surface area contributed by atoms with E-state index in [4.69, 9.17) is 10.5 Å². The van der Waals surface area contributed by atoms with Crippen LogP contribution in [0.5, 0.6) is 0 Å². The topological polar surface area (TPSA) is 67.6 Å². The van der Waals surface area contributed by atoms with Crippen molar-refractivity contribution in [3.05, 3.63) is 59.7 Å². The average molecular weight is 351 g/mol. The van der Waals surface area contributed by atoms with Crippen LogP contribution in [0.15, 0.2) is 48.5 Å². The molecule has 3 N–H and O–H groups in total. The maximum Gasteiger partial charge on any atom is 0.144 e. The maximum atomic E-state index is 12.0. The summed E-state index contributed by atoms with van der Waals surface area (Å²) in [5.74, 6) is 0. The van der Waals surface area contributed by atoms with E-state index in [0.29, 0.717) is 11.1 Å². The molecule has 0 aliphatic carbocycles. The summed E-state index contributed by atoms with van der Waals surface area (Å²) < 4.78 is 5.40. The molecule has 2 aromatic carbocycles. The molecule has 2 heterocycles. The number of anilines is 2. The number of para-hydroxylation sites is 2. The van der Waals surface area contributed by atoms with Gasteiger partial charge in [0.05, 0.1) is 30.6 Å². The normalized spacial score (nSPS) is 20.7. The molecule has 0 saturated carbocycles. The summed E-state index contributed by atoms with van der Waals surface area (Å²) in [6.07, 6.45) is 0.999. The average Bonchev–Trinajstić information content (AvgIpc) is 2.57. The SMILES string of the molecule is Cc1ccc(C(C(C=O)Nc2ccccc2N)N2CC3(COC3)C2)cc1. The number of ether oxygens (including phenoxy) is 1. The van der Waals surface area contributed by atoms with Crippen LogP contribution < -0.4 is 11.1 Å². The van der Waals surface area contributed by atoms with E-state index in [1.165, 1.54) is 5.56 Å². The highest BCUT2D eigenvalue weighted by molar-refractivity contribution is 5.73. The zero-order valence-electron chi connectivity index (χ0n) is 15.0. The summed E-state index contributed by atoms with van der Waals surface area (Å²) in [5.41, 5.74) is 10.2.